The van der Waals surface area contributed by atoms with Gasteiger partial charge in [-0.3, -0.25) is 4.79 Å². The highest BCUT2D eigenvalue weighted by Crippen LogP contribution is 2.20. The standard InChI is InChI=1S/C11H15NOS/c1-9-4-2-6-12(11(9)13)8-10-5-3-7-14-10/h3,5,7,9H,2,4,6,8H2,1H3. The van der Waals surface area contributed by atoms with Gasteiger partial charge in [-0.15, -0.1) is 11.3 Å². The maximum atomic E-state index is 11.8. The van der Waals surface area contributed by atoms with E-state index < -0.39 is 0 Å². The highest BCUT2D eigenvalue weighted by atomic mass is 32.1. The van der Waals surface area contributed by atoms with E-state index in [9.17, 15) is 4.79 Å². The fraction of sp³-hybridized carbons (Fsp3) is 0.545. The lowest BCUT2D eigenvalue weighted by Crippen LogP contribution is -2.39. The molecule has 2 nitrogen and oxygen atoms in total. The molecule has 2 heterocycles. The van der Waals surface area contributed by atoms with Crippen LogP contribution in [0.5, 0.6) is 0 Å². The average Bonchev–Trinajstić information content (AvgIpc) is 2.66. The third-order valence-electron chi connectivity index (χ3n) is 2.73. The van der Waals surface area contributed by atoms with Crippen LogP contribution < -0.4 is 0 Å². The van der Waals surface area contributed by atoms with Gasteiger partial charge in [0.1, 0.15) is 0 Å². The van der Waals surface area contributed by atoms with Crippen molar-refractivity contribution in [2.75, 3.05) is 6.54 Å². The van der Waals surface area contributed by atoms with Gasteiger partial charge in [0.15, 0.2) is 0 Å². The first-order chi connectivity index (χ1) is 6.77. The average molecular weight is 209 g/mol. The maximum absolute atomic E-state index is 11.8. The van der Waals surface area contributed by atoms with Crippen LogP contribution in [0.25, 0.3) is 0 Å². The lowest BCUT2D eigenvalue weighted by Gasteiger charge is -2.30. The zero-order chi connectivity index (χ0) is 9.97. The minimum absolute atomic E-state index is 0.226. The Morgan fingerprint density at radius 1 is 1.64 bits per heavy atom. The van der Waals surface area contributed by atoms with E-state index in [-0.39, 0.29) is 5.92 Å². The van der Waals surface area contributed by atoms with Gasteiger partial charge in [0.2, 0.25) is 5.91 Å². The molecule has 1 unspecified atom stereocenters. The summed E-state index contributed by atoms with van der Waals surface area (Å²) in [6.45, 7) is 3.77. The number of piperidine rings is 1. The highest BCUT2D eigenvalue weighted by Gasteiger charge is 2.24. The predicted molar refractivity (Wildman–Crippen MR) is 58.1 cm³/mol. The van der Waals surface area contributed by atoms with Gasteiger partial charge in [0.25, 0.3) is 0 Å². The lowest BCUT2D eigenvalue weighted by atomic mass is 9.99. The third kappa shape index (κ3) is 1.98. The molecule has 3 heteroatoms. The summed E-state index contributed by atoms with van der Waals surface area (Å²) in [6.07, 6.45) is 2.21. The minimum atomic E-state index is 0.226. The summed E-state index contributed by atoms with van der Waals surface area (Å²) in [6, 6.07) is 4.13. The number of hydrogen-bond acceptors (Lipinski definition) is 2. The minimum Gasteiger partial charge on any atom is -0.337 e. The van der Waals surface area contributed by atoms with Gasteiger partial charge < -0.3 is 4.90 Å². The summed E-state index contributed by atoms with van der Waals surface area (Å²) in [4.78, 5) is 15.1. The molecule has 1 aromatic rings. The largest absolute Gasteiger partial charge is 0.337 e. The number of nitrogens with zero attached hydrogens (tertiary/aromatic N) is 1. The van der Waals surface area contributed by atoms with E-state index in [4.69, 9.17) is 0 Å². The summed E-state index contributed by atoms with van der Waals surface area (Å²) in [5.74, 6) is 0.549. The van der Waals surface area contributed by atoms with Crippen molar-refractivity contribution in [3.63, 3.8) is 0 Å². The highest BCUT2D eigenvalue weighted by molar-refractivity contribution is 7.09. The Bertz CT molecular complexity index is 307. The number of likely N-dealkylation sites (tertiary alicyclic amines) is 1. The molecule has 0 saturated carbocycles. The Morgan fingerprint density at radius 3 is 3.21 bits per heavy atom. The van der Waals surface area contributed by atoms with Crippen LogP contribution in [0.2, 0.25) is 0 Å². The van der Waals surface area contributed by atoms with Crippen LogP contribution in [0, 0.1) is 5.92 Å². The topological polar surface area (TPSA) is 20.3 Å². The zero-order valence-corrected chi connectivity index (χ0v) is 9.22. The van der Waals surface area contributed by atoms with Crippen LogP contribution in [0.4, 0.5) is 0 Å². The van der Waals surface area contributed by atoms with Crippen molar-refractivity contribution in [3.8, 4) is 0 Å². The van der Waals surface area contributed by atoms with Crippen LogP contribution >= 0.6 is 11.3 Å². The lowest BCUT2D eigenvalue weighted by molar-refractivity contribution is -0.138. The number of carbonyl (C=O) groups is 1. The first-order valence-corrected chi connectivity index (χ1v) is 5.96. The van der Waals surface area contributed by atoms with Gasteiger partial charge in [-0.05, 0) is 24.3 Å². The maximum Gasteiger partial charge on any atom is 0.225 e. The quantitative estimate of drug-likeness (QED) is 0.733. The van der Waals surface area contributed by atoms with Crippen molar-refractivity contribution in [1.29, 1.82) is 0 Å². The summed E-state index contributed by atoms with van der Waals surface area (Å²) in [7, 11) is 0. The fourth-order valence-corrected chi connectivity index (χ4v) is 2.60. The van der Waals surface area contributed by atoms with E-state index in [1.54, 1.807) is 11.3 Å². The van der Waals surface area contributed by atoms with Crippen molar-refractivity contribution in [2.24, 2.45) is 5.92 Å². The summed E-state index contributed by atoms with van der Waals surface area (Å²) < 4.78 is 0. The fourth-order valence-electron chi connectivity index (χ4n) is 1.88. The number of hydrogen-bond donors (Lipinski definition) is 0. The number of amides is 1. The van der Waals surface area contributed by atoms with Gasteiger partial charge >= 0.3 is 0 Å². The van der Waals surface area contributed by atoms with Crippen molar-refractivity contribution in [1.82, 2.24) is 4.90 Å². The second kappa shape index (κ2) is 4.13. The number of rotatable bonds is 2. The van der Waals surface area contributed by atoms with E-state index in [0.29, 0.717) is 5.91 Å². The van der Waals surface area contributed by atoms with E-state index in [0.717, 1.165) is 25.9 Å². The number of thiophene rings is 1. The normalized spacial score (nSPS) is 22.8. The summed E-state index contributed by atoms with van der Waals surface area (Å²) in [5, 5.41) is 2.06. The molecule has 14 heavy (non-hydrogen) atoms. The zero-order valence-electron chi connectivity index (χ0n) is 8.40. The van der Waals surface area contributed by atoms with E-state index >= 15 is 0 Å². The molecule has 1 aromatic heterocycles. The van der Waals surface area contributed by atoms with Crippen LogP contribution in [-0.2, 0) is 11.3 Å². The molecule has 1 amide bonds. The van der Waals surface area contributed by atoms with Gasteiger partial charge in [-0.25, -0.2) is 0 Å². The van der Waals surface area contributed by atoms with Crippen LogP contribution in [0.1, 0.15) is 24.6 Å². The summed E-state index contributed by atoms with van der Waals surface area (Å²) >= 11 is 1.73. The molecule has 0 bridgehead atoms. The van der Waals surface area contributed by atoms with Crippen molar-refractivity contribution < 1.29 is 4.79 Å². The molecule has 0 spiro atoms. The smallest absolute Gasteiger partial charge is 0.225 e. The first-order valence-electron chi connectivity index (χ1n) is 5.08. The molecular formula is C11H15NOS. The second-order valence-corrected chi connectivity index (χ2v) is 4.91. The predicted octanol–water partition coefficient (Wildman–Crippen LogP) is 2.51. The Morgan fingerprint density at radius 2 is 2.50 bits per heavy atom. The Balaban J connectivity index is 2.00. The van der Waals surface area contributed by atoms with Crippen molar-refractivity contribution >= 4 is 17.2 Å². The molecule has 1 atom stereocenters. The second-order valence-electron chi connectivity index (χ2n) is 3.88. The van der Waals surface area contributed by atoms with E-state index in [1.807, 2.05) is 17.9 Å². The van der Waals surface area contributed by atoms with Crippen LogP contribution in [0.15, 0.2) is 17.5 Å². The molecule has 0 aromatic carbocycles. The van der Waals surface area contributed by atoms with Gasteiger partial charge in [-0.1, -0.05) is 13.0 Å². The Labute approximate surface area is 88.5 Å². The van der Waals surface area contributed by atoms with Gasteiger partial charge in [-0.2, -0.15) is 0 Å². The summed E-state index contributed by atoms with van der Waals surface area (Å²) in [5.41, 5.74) is 0. The van der Waals surface area contributed by atoms with E-state index in [1.165, 1.54) is 4.88 Å². The molecule has 0 aliphatic carbocycles. The molecule has 1 aliphatic heterocycles. The van der Waals surface area contributed by atoms with Gasteiger partial charge in [0.05, 0.1) is 6.54 Å². The monoisotopic (exact) mass is 209 g/mol. The molecule has 1 aliphatic rings. The first kappa shape index (κ1) is 9.71. The van der Waals surface area contributed by atoms with Crippen LogP contribution in [-0.4, -0.2) is 17.4 Å². The van der Waals surface area contributed by atoms with Crippen LogP contribution in [0.3, 0.4) is 0 Å². The van der Waals surface area contributed by atoms with Crippen molar-refractivity contribution in [2.45, 2.75) is 26.3 Å². The Hall–Kier alpha value is -0.830. The SMILES string of the molecule is CC1CCCN(Cc2cccs2)C1=O. The molecule has 0 radical (unpaired) electrons. The molecule has 76 valence electrons. The molecule has 1 saturated heterocycles. The molecule has 1 fully saturated rings. The van der Waals surface area contributed by atoms with Crippen molar-refractivity contribution in [3.05, 3.63) is 22.4 Å². The Kier molecular flexibility index (Phi) is 2.87. The number of carbonyl (C=O) groups excluding carboxylic acids is 1. The van der Waals surface area contributed by atoms with Gasteiger partial charge in [0, 0.05) is 17.3 Å². The molecule has 0 N–H and O–H groups in total. The molecular weight excluding hydrogens is 194 g/mol. The molecule has 2 rings (SSSR count). The third-order valence-corrected chi connectivity index (χ3v) is 3.59. The van der Waals surface area contributed by atoms with E-state index in [2.05, 4.69) is 11.4 Å².